The number of halogens is 11. The summed E-state index contributed by atoms with van der Waals surface area (Å²) in [5, 5.41) is 2.46. The Morgan fingerprint density at radius 1 is 1.09 bits per heavy atom. The van der Waals surface area contributed by atoms with E-state index in [1.54, 1.807) is 0 Å². The molecule has 2 rings (SSSR count). The molecule has 0 saturated carbocycles. The lowest BCUT2D eigenvalue weighted by molar-refractivity contribution is -0.348. The number of rotatable bonds is 7. The highest BCUT2D eigenvalue weighted by Crippen LogP contribution is 2.55. The van der Waals surface area contributed by atoms with E-state index in [2.05, 4.69) is 26.0 Å². The summed E-state index contributed by atoms with van der Waals surface area (Å²) in [6, 6.07) is 1.60. The lowest BCUT2D eigenvalue weighted by Crippen LogP contribution is -2.50. The second kappa shape index (κ2) is 9.50. The van der Waals surface area contributed by atoms with Crippen LogP contribution >= 0.6 is 15.9 Å². The summed E-state index contributed by atoms with van der Waals surface area (Å²) in [5.41, 5.74) is -5.29. The topological polar surface area (TPSA) is 64.3 Å². The number of primary amides is 1. The van der Waals surface area contributed by atoms with Gasteiger partial charge in [-0.2, -0.15) is 35.1 Å². The van der Waals surface area contributed by atoms with Gasteiger partial charge in [-0.05, 0) is 25.1 Å². The van der Waals surface area contributed by atoms with Crippen molar-refractivity contribution in [3.8, 4) is 16.9 Å². The smallest absolute Gasteiger partial charge is 0.434 e. The number of alkyl halides is 9. The zero-order chi connectivity index (χ0) is 26.2. The molecular weight excluding hydrogens is 558 g/mol. The summed E-state index contributed by atoms with van der Waals surface area (Å²) in [6.07, 6.45) is -13.1. The van der Waals surface area contributed by atoms with E-state index in [1.807, 2.05) is 0 Å². The molecular formula is C19H13BrF10N2O2. The van der Waals surface area contributed by atoms with Gasteiger partial charge in [0.2, 0.25) is 0 Å². The van der Waals surface area contributed by atoms with Gasteiger partial charge >= 0.3 is 24.6 Å². The van der Waals surface area contributed by atoms with Crippen LogP contribution in [-0.4, -0.2) is 31.4 Å². The maximum absolute atomic E-state index is 14.8. The van der Waals surface area contributed by atoms with E-state index in [-0.39, 0.29) is 18.7 Å². The largest absolute Gasteiger partial charge is 0.435 e. The predicted octanol–water partition coefficient (Wildman–Crippen LogP) is 6.68. The van der Waals surface area contributed by atoms with Crippen LogP contribution in [0.1, 0.15) is 22.8 Å². The average Bonchev–Trinajstić information content (AvgIpc) is 2.66. The molecule has 0 unspecified atom stereocenters. The first-order valence-corrected chi connectivity index (χ1v) is 9.74. The minimum absolute atomic E-state index is 0.0252. The number of hydrogen-bond acceptors (Lipinski definition) is 3. The molecule has 0 atom stereocenters. The summed E-state index contributed by atoms with van der Waals surface area (Å²) in [5.74, 6) is -3.84. The molecule has 0 aliphatic carbocycles. The molecule has 188 valence electrons. The highest BCUT2D eigenvalue weighted by atomic mass is 79.9. The molecule has 0 aliphatic rings. The van der Waals surface area contributed by atoms with Crippen molar-refractivity contribution in [2.24, 2.45) is 5.73 Å². The zero-order valence-electron chi connectivity index (χ0n) is 16.6. The Morgan fingerprint density at radius 2 is 1.65 bits per heavy atom. The molecule has 0 saturated heterocycles. The quantitative estimate of drug-likeness (QED) is 0.365. The number of ether oxygens (including phenoxy) is 1. The van der Waals surface area contributed by atoms with E-state index in [0.717, 1.165) is 12.1 Å². The van der Waals surface area contributed by atoms with Gasteiger partial charge in [-0.3, -0.25) is 4.79 Å². The molecule has 0 aromatic heterocycles. The van der Waals surface area contributed by atoms with Crippen LogP contribution in [0.2, 0.25) is 0 Å². The molecule has 15 heteroatoms. The molecule has 1 amide bonds. The monoisotopic (exact) mass is 570 g/mol. The highest BCUT2D eigenvalue weighted by molar-refractivity contribution is 9.10. The van der Waals surface area contributed by atoms with Gasteiger partial charge < -0.3 is 15.8 Å². The van der Waals surface area contributed by atoms with Gasteiger partial charge in [-0.1, -0.05) is 22.0 Å². The number of nitrogens with two attached hydrogens (primary N) is 1. The number of hydrogen-bond donors (Lipinski definition) is 2. The molecule has 0 radical (unpaired) electrons. The van der Waals surface area contributed by atoms with Gasteiger partial charge in [0.05, 0.1) is 11.3 Å². The first-order valence-electron chi connectivity index (χ1n) is 8.95. The van der Waals surface area contributed by atoms with Crippen LogP contribution in [0.3, 0.4) is 0 Å². The van der Waals surface area contributed by atoms with E-state index < -0.39 is 74.5 Å². The Bertz CT molecular complexity index is 1070. The predicted molar refractivity (Wildman–Crippen MR) is 104 cm³/mol. The van der Waals surface area contributed by atoms with E-state index in [4.69, 9.17) is 5.73 Å². The fourth-order valence-electron chi connectivity index (χ4n) is 3.04. The molecule has 34 heavy (non-hydrogen) atoms. The zero-order valence-corrected chi connectivity index (χ0v) is 18.2. The third-order valence-corrected chi connectivity index (χ3v) is 5.10. The van der Waals surface area contributed by atoms with Gasteiger partial charge in [0.15, 0.2) is 5.82 Å². The second-order valence-electron chi connectivity index (χ2n) is 6.61. The Labute approximate surface area is 193 Å². The van der Waals surface area contributed by atoms with Crippen molar-refractivity contribution in [2.45, 2.75) is 31.6 Å². The van der Waals surface area contributed by atoms with Gasteiger partial charge in [0.1, 0.15) is 5.75 Å². The number of amides is 1. The lowest BCUT2D eigenvalue weighted by Gasteiger charge is -2.31. The molecule has 0 aliphatic heterocycles. The van der Waals surface area contributed by atoms with E-state index in [1.165, 1.54) is 6.92 Å². The summed E-state index contributed by atoms with van der Waals surface area (Å²) in [6.45, 7) is -2.34. The first-order chi connectivity index (χ1) is 15.5. The lowest BCUT2D eigenvalue weighted by atomic mass is 9.91. The molecule has 4 nitrogen and oxygen atoms in total. The molecule has 0 spiro atoms. The van der Waals surface area contributed by atoms with Crippen molar-refractivity contribution in [2.75, 3.05) is 11.9 Å². The molecule has 0 bridgehead atoms. The molecule has 0 heterocycles. The summed E-state index contributed by atoms with van der Waals surface area (Å²) >= 11 is 2.64. The second-order valence-corrected chi connectivity index (χ2v) is 7.46. The number of nitrogens with one attached hydrogen (secondary N) is 1. The van der Waals surface area contributed by atoms with Gasteiger partial charge in [-0.25, -0.2) is 8.78 Å². The Kier molecular flexibility index (Phi) is 7.70. The van der Waals surface area contributed by atoms with Crippen LogP contribution in [0.15, 0.2) is 28.7 Å². The third-order valence-electron chi connectivity index (χ3n) is 4.48. The number of carbonyl (C=O) groups is 1. The SMILES string of the molecule is CCNc1c(-c2c(Br)cc(C(F)(C(F)(F)F)C(F)(F)F)cc2OC(F)F)ccc(C(N)=O)c1F. The van der Waals surface area contributed by atoms with Crippen molar-refractivity contribution in [3.05, 3.63) is 45.7 Å². The minimum Gasteiger partial charge on any atom is -0.434 e. The molecule has 0 fully saturated rings. The minimum atomic E-state index is -6.53. The van der Waals surface area contributed by atoms with Crippen LogP contribution in [-0.2, 0) is 5.67 Å². The van der Waals surface area contributed by atoms with Crippen LogP contribution in [0, 0.1) is 5.82 Å². The van der Waals surface area contributed by atoms with E-state index in [9.17, 15) is 48.7 Å². The van der Waals surface area contributed by atoms with Gasteiger partial charge in [0.25, 0.3) is 5.91 Å². The third kappa shape index (κ3) is 4.88. The van der Waals surface area contributed by atoms with Crippen molar-refractivity contribution in [3.63, 3.8) is 0 Å². The summed E-state index contributed by atoms with van der Waals surface area (Å²) in [4.78, 5) is 11.4. The molecule has 2 aromatic rings. The normalized spacial score (nSPS) is 12.7. The van der Waals surface area contributed by atoms with E-state index >= 15 is 0 Å². The van der Waals surface area contributed by atoms with Gasteiger partial charge in [-0.15, -0.1) is 0 Å². The number of benzene rings is 2. The van der Waals surface area contributed by atoms with Crippen molar-refractivity contribution >= 4 is 27.5 Å². The molecule has 2 aromatic carbocycles. The number of carbonyl (C=O) groups excluding carboxylic acids is 1. The first kappa shape index (κ1) is 27.5. The fraction of sp³-hybridized carbons (Fsp3) is 0.316. The average molecular weight is 571 g/mol. The maximum atomic E-state index is 14.8. The Hall–Kier alpha value is -2.71. The van der Waals surface area contributed by atoms with Crippen LogP contribution < -0.4 is 15.8 Å². The van der Waals surface area contributed by atoms with Crippen molar-refractivity contribution < 1.29 is 53.4 Å². The Balaban J connectivity index is 2.95. The highest BCUT2D eigenvalue weighted by Gasteiger charge is 2.73. The van der Waals surface area contributed by atoms with Crippen LogP contribution in [0.25, 0.3) is 11.1 Å². The summed E-state index contributed by atoms with van der Waals surface area (Å²) < 4.78 is 138. The van der Waals surface area contributed by atoms with Crippen LogP contribution in [0.4, 0.5) is 49.6 Å². The standard InChI is InChI=1S/C19H13BrF10N2O2/c1-2-32-14-8(3-4-9(13(14)21)15(31)33)12-10(20)5-7(6-11(12)34-16(22)23)17(24,18(25,26)27)19(28,29)30/h3-6,16,32H,2H2,1H3,(H2,31,33). The van der Waals surface area contributed by atoms with E-state index in [0.29, 0.717) is 0 Å². The number of anilines is 1. The Morgan fingerprint density at radius 3 is 2.09 bits per heavy atom. The van der Waals surface area contributed by atoms with Crippen LogP contribution in [0.5, 0.6) is 5.75 Å². The van der Waals surface area contributed by atoms with Gasteiger partial charge in [0, 0.05) is 27.7 Å². The maximum Gasteiger partial charge on any atom is 0.435 e. The van der Waals surface area contributed by atoms with Crippen molar-refractivity contribution in [1.29, 1.82) is 0 Å². The van der Waals surface area contributed by atoms with Crippen molar-refractivity contribution in [1.82, 2.24) is 0 Å². The fourth-order valence-corrected chi connectivity index (χ4v) is 3.70. The molecule has 3 N–H and O–H groups in total. The summed E-state index contributed by atoms with van der Waals surface area (Å²) in [7, 11) is 0.